The van der Waals surface area contributed by atoms with Crippen LogP contribution in [0.5, 0.6) is 0 Å². The number of hydrazine groups is 1. The van der Waals surface area contributed by atoms with Gasteiger partial charge in [-0.1, -0.05) is 0 Å². The summed E-state index contributed by atoms with van der Waals surface area (Å²) in [5, 5.41) is 9.15. The van der Waals surface area contributed by atoms with Crippen molar-refractivity contribution in [2.24, 2.45) is 5.41 Å². The van der Waals surface area contributed by atoms with Crippen molar-refractivity contribution in [3.05, 3.63) is 0 Å². The van der Waals surface area contributed by atoms with Crippen molar-refractivity contribution in [1.29, 1.82) is 5.26 Å². The first-order valence-corrected chi connectivity index (χ1v) is 6.02. The van der Waals surface area contributed by atoms with Gasteiger partial charge in [0.1, 0.15) is 6.61 Å². The molecule has 0 aliphatic rings. The minimum absolute atomic E-state index is 0.00266. The van der Waals surface area contributed by atoms with Crippen LogP contribution in [0, 0.1) is 16.7 Å². The summed E-state index contributed by atoms with van der Waals surface area (Å²) in [6, 6.07) is 2.11. The molecule has 0 bridgehead atoms. The van der Waals surface area contributed by atoms with E-state index in [4.69, 9.17) is 10.00 Å². The van der Waals surface area contributed by atoms with Crippen molar-refractivity contribution in [2.45, 2.75) is 59.5 Å². The number of rotatable bonds is 4. The fourth-order valence-electron chi connectivity index (χ4n) is 0.848. The average molecular weight is 255 g/mol. The number of carbonyl (C=O) groups is 1. The number of carbonyl (C=O) groups excluding carboxylic acids is 1. The Bertz CT molecular complexity index is 334. The van der Waals surface area contributed by atoms with Crippen molar-refractivity contribution >= 4 is 5.97 Å². The molecule has 0 spiro atoms. The molecule has 1 unspecified atom stereocenters. The first kappa shape index (κ1) is 16.9. The minimum Gasteiger partial charge on any atom is -0.462 e. The van der Waals surface area contributed by atoms with E-state index in [1.54, 1.807) is 27.7 Å². The van der Waals surface area contributed by atoms with E-state index in [-0.39, 0.29) is 18.1 Å². The lowest BCUT2D eigenvalue weighted by molar-refractivity contribution is -0.154. The Hall–Kier alpha value is -1.12. The van der Waals surface area contributed by atoms with Crippen LogP contribution in [0.3, 0.4) is 0 Å². The molecule has 0 aliphatic carbocycles. The van der Waals surface area contributed by atoms with E-state index < -0.39 is 11.0 Å². The second-order valence-corrected chi connectivity index (χ2v) is 6.77. The van der Waals surface area contributed by atoms with E-state index in [1.807, 2.05) is 20.8 Å². The lowest BCUT2D eigenvalue weighted by atomic mass is 9.97. The third-order valence-electron chi connectivity index (χ3n) is 2.06. The van der Waals surface area contributed by atoms with E-state index in [1.165, 1.54) is 0 Å². The molecule has 0 radical (unpaired) electrons. The molecule has 0 saturated carbocycles. The molecular weight excluding hydrogens is 230 g/mol. The quantitative estimate of drug-likeness (QED) is 0.591. The zero-order chi connectivity index (χ0) is 14.6. The molecular formula is C13H25N3O2. The van der Waals surface area contributed by atoms with Gasteiger partial charge in [-0.3, -0.25) is 10.2 Å². The van der Waals surface area contributed by atoms with Gasteiger partial charge in [0.05, 0.1) is 11.5 Å². The predicted molar refractivity (Wildman–Crippen MR) is 70.5 cm³/mol. The van der Waals surface area contributed by atoms with Gasteiger partial charge in [-0.05, 0) is 48.5 Å². The maximum Gasteiger partial charge on any atom is 0.311 e. The molecule has 0 rings (SSSR count). The molecule has 104 valence electrons. The van der Waals surface area contributed by atoms with E-state index in [9.17, 15) is 4.79 Å². The normalized spacial score (nSPS) is 15.7. The fourth-order valence-corrected chi connectivity index (χ4v) is 0.848. The van der Waals surface area contributed by atoms with Crippen molar-refractivity contribution in [2.75, 3.05) is 6.61 Å². The number of nitrogens with zero attached hydrogens (tertiary/aromatic N) is 1. The van der Waals surface area contributed by atoms with Crippen molar-refractivity contribution < 1.29 is 9.53 Å². The minimum atomic E-state index is -0.950. The lowest BCUT2D eigenvalue weighted by Gasteiger charge is -2.30. The highest BCUT2D eigenvalue weighted by atomic mass is 16.5. The molecule has 0 amide bonds. The summed E-state index contributed by atoms with van der Waals surface area (Å²) < 4.78 is 5.16. The average Bonchev–Trinajstić information content (AvgIpc) is 2.21. The van der Waals surface area contributed by atoms with Gasteiger partial charge in [-0.25, -0.2) is 5.43 Å². The first-order valence-electron chi connectivity index (χ1n) is 6.02. The van der Waals surface area contributed by atoms with Crippen LogP contribution in [0.4, 0.5) is 0 Å². The molecule has 0 aliphatic heterocycles. The van der Waals surface area contributed by atoms with E-state index >= 15 is 0 Å². The number of hydrogen-bond donors (Lipinski definition) is 2. The predicted octanol–water partition coefficient (Wildman–Crippen LogP) is 1.75. The molecule has 0 aromatic rings. The Balaban J connectivity index is 4.43. The van der Waals surface area contributed by atoms with Crippen LogP contribution < -0.4 is 10.9 Å². The number of esters is 1. The van der Waals surface area contributed by atoms with Gasteiger partial charge >= 0.3 is 5.97 Å². The van der Waals surface area contributed by atoms with Gasteiger partial charge in [0, 0.05) is 5.54 Å². The maximum absolute atomic E-state index is 11.6. The molecule has 0 heterocycles. The van der Waals surface area contributed by atoms with E-state index in [0.29, 0.717) is 0 Å². The highest BCUT2D eigenvalue weighted by Crippen LogP contribution is 2.16. The summed E-state index contributed by atoms with van der Waals surface area (Å²) in [4.78, 5) is 11.6. The monoisotopic (exact) mass is 255 g/mol. The highest BCUT2D eigenvalue weighted by molar-refractivity contribution is 5.75. The number of hydrogen-bond acceptors (Lipinski definition) is 5. The van der Waals surface area contributed by atoms with Gasteiger partial charge < -0.3 is 4.74 Å². The van der Waals surface area contributed by atoms with Crippen LogP contribution in [0.15, 0.2) is 0 Å². The number of ether oxygens (including phenoxy) is 1. The molecule has 0 aromatic carbocycles. The summed E-state index contributed by atoms with van der Waals surface area (Å²) in [6.45, 7) is 12.9. The zero-order valence-corrected chi connectivity index (χ0v) is 12.5. The molecule has 2 N–H and O–H groups in total. The smallest absolute Gasteiger partial charge is 0.311 e. The molecule has 5 heteroatoms. The van der Waals surface area contributed by atoms with Crippen LogP contribution in [0.1, 0.15) is 48.5 Å². The third kappa shape index (κ3) is 6.58. The number of nitrogens with one attached hydrogen (secondary N) is 2. The van der Waals surface area contributed by atoms with Crippen molar-refractivity contribution in [3.8, 4) is 6.07 Å². The molecule has 0 saturated heterocycles. The van der Waals surface area contributed by atoms with Gasteiger partial charge in [-0.2, -0.15) is 5.26 Å². The van der Waals surface area contributed by atoms with Gasteiger partial charge in [0.15, 0.2) is 5.54 Å². The Morgan fingerprint density at radius 2 is 1.61 bits per heavy atom. The van der Waals surface area contributed by atoms with E-state index in [2.05, 4.69) is 16.9 Å². The fraction of sp³-hybridized carbons (Fsp3) is 0.846. The van der Waals surface area contributed by atoms with Crippen LogP contribution in [-0.4, -0.2) is 23.7 Å². The van der Waals surface area contributed by atoms with Crippen LogP contribution >= 0.6 is 0 Å². The van der Waals surface area contributed by atoms with Crippen LogP contribution in [0.2, 0.25) is 0 Å². The topological polar surface area (TPSA) is 74.2 Å². The van der Waals surface area contributed by atoms with Crippen LogP contribution in [0.25, 0.3) is 0 Å². The largest absolute Gasteiger partial charge is 0.462 e. The van der Waals surface area contributed by atoms with E-state index in [0.717, 1.165) is 0 Å². The van der Waals surface area contributed by atoms with Gasteiger partial charge in [0.25, 0.3) is 0 Å². The molecule has 0 fully saturated rings. The second kappa shape index (κ2) is 5.68. The van der Waals surface area contributed by atoms with Crippen LogP contribution in [-0.2, 0) is 9.53 Å². The second-order valence-electron chi connectivity index (χ2n) is 6.77. The van der Waals surface area contributed by atoms with Crippen molar-refractivity contribution in [3.63, 3.8) is 0 Å². The Kier molecular flexibility index (Phi) is 5.33. The van der Waals surface area contributed by atoms with Gasteiger partial charge in [-0.15, -0.1) is 0 Å². The first-order chi connectivity index (χ1) is 7.90. The molecule has 5 nitrogen and oxygen atoms in total. The maximum atomic E-state index is 11.6. The van der Waals surface area contributed by atoms with Gasteiger partial charge in [0.2, 0.25) is 0 Å². The summed E-state index contributed by atoms with van der Waals surface area (Å²) in [5.41, 5.74) is 4.23. The Morgan fingerprint density at radius 1 is 1.11 bits per heavy atom. The Labute approximate surface area is 110 Å². The summed E-state index contributed by atoms with van der Waals surface area (Å²) >= 11 is 0. The highest BCUT2D eigenvalue weighted by Gasteiger charge is 2.30. The molecule has 1 atom stereocenters. The molecule has 18 heavy (non-hydrogen) atoms. The standard InChI is InChI=1S/C13H25N3O2/c1-11(2,3)10(17)18-9-13(7,8-14)16-15-12(4,5)6/h15-16H,9H2,1-7H3. The Morgan fingerprint density at radius 3 is 1.94 bits per heavy atom. The summed E-state index contributed by atoms with van der Waals surface area (Å²) in [6.07, 6.45) is 0. The zero-order valence-electron chi connectivity index (χ0n) is 12.5. The molecule has 0 aromatic heterocycles. The lowest BCUT2D eigenvalue weighted by Crippen LogP contribution is -2.58. The third-order valence-corrected chi connectivity index (χ3v) is 2.06. The summed E-state index contributed by atoms with van der Waals surface area (Å²) in [7, 11) is 0. The summed E-state index contributed by atoms with van der Waals surface area (Å²) in [5.74, 6) is -0.318. The number of nitriles is 1. The van der Waals surface area contributed by atoms with Crippen molar-refractivity contribution in [1.82, 2.24) is 10.9 Å². The SMILES string of the molecule is CC(C)(C)NNC(C)(C#N)COC(=O)C(C)(C)C.